The first-order valence-corrected chi connectivity index (χ1v) is 4.49. The van der Waals surface area contributed by atoms with Crippen LogP contribution in [0, 0.1) is 0 Å². The van der Waals surface area contributed by atoms with Crippen LogP contribution in [0.3, 0.4) is 0 Å². The number of carboxylic acids is 1. The summed E-state index contributed by atoms with van der Waals surface area (Å²) in [6.07, 6.45) is 1.40. The predicted molar refractivity (Wildman–Crippen MR) is 52.4 cm³/mol. The van der Waals surface area contributed by atoms with Gasteiger partial charge in [-0.3, -0.25) is 0 Å². The Morgan fingerprint density at radius 3 is 2.86 bits per heavy atom. The molecule has 6 heteroatoms. The number of hydrogen-bond acceptors (Lipinski definition) is 3. The van der Waals surface area contributed by atoms with E-state index in [1.807, 2.05) is 0 Å². The van der Waals surface area contributed by atoms with Gasteiger partial charge in [-0.25, -0.2) is 9.78 Å². The summed E-state index contributed by atoms with van der Waals surface area (Å²) in [5.41, 5.74) is 0.322. The molecule has 0 saturated carbocycles. The van der Waals surface area contributed by atoms with Gasteiger partial charge >= 0.3 is 5.97 Å². The number of nitrogens with zero attached hydrogens (tertiary/aromatic N) is 1. The lowest BCUT2D eigenvalue weighted by Crippen LogP contribution is -1.96. The fourth-order valence-electron chi connectivity index (χ4n) is 1.21. The van der Waals surface area contributed by atoms with Crippen molar-refractivity contribution in [2.24, 2.45) is 0 Å². The summed E-state index contributed by atoms with van der Waals surface area (Å²) in [5.74, 6) is -1.11. The lowest BCUT2D eigenvalue weighted by molar-refractivity contribution is 0.0690. The highest BCUT2D eigenvalue weighted by atomic mass is 79.9. The lowest BCUT2D eigenvalue weighted by atomic mass is 10.3. The molecule has 0 spiro atoms. The van der Waals surface area contributed by atoms with Crippen molar-refractivity contribution >= 4 is 32.9 Å². The highest BCUT2D eigenvalue weighted by molar-refractivity contribution is 9.10. The number of aromatic nitrogens is 2. The second-order valence-corrected chi connectivity index (χ2v) is 3.47. The third kappa shape index (κ3) is 1.15. The van der Waals surface area contributed by atoms with Crippen LogP contribution >= 0.6 is 15.9 Å². The number of aromatic hydroxyl groups is 1. The van der Waals surface area contributed by atoms with Gasteiger partial charge < -0.3 is 15.2 Å². The third-order valence-electron chi connectivity index (χ3n) is 1.83. The molecular weight excluding hydrogens is 252 g/mol. The molecule has 0 atom stereocenters. The molecular formula is C8H5BrN2O3. The molecule has 0 aliphatic carbocycles. The first kappa shape index (κ1) is 9.01. The molecule has 0 aromatic carbocycles. The molecule has 0 bridgehead atoms. The lowest BCUT2D eigenvalue weighted by Gasteiger charge is -1.92. The van der Waals surface area contributed by atoms with Gasteiger partial charge in [-0.15, -0.1) is 0 Å². The monoisotopic (exact) mass is 256 g/mol. The molecule has 72 valence electrons. The summed E-state index contributed by atoms with van der Waals surface area (Å²) in [4.78, 5) is 17.2. The van der Waals surface area contributed by atoms with Crippen LogP contribution in [-0.2, 0) is 0 Å². The number of rotatable bonds is 1. The Balaban J connectivity index is 2.87. The molecule has 0 radical (unpaired) electrons. The Labute approximate surface area is 86.5 Å². The van der Waals surface area contributed by atoms with Gasteiger partial charge in [0.1, 0.15) is 17.1 Å². The molecule has 2 heterocycles. The van der Waals surface area contributed by atoms with Crippen LogP contribution in [0.25, 0.3) is 11.0 Å². The largest absolute Gasteiger partial charge is 0.507 e. The van der Waals surface area contributed by atoms with Crippen molar-refractivity contribution in [3.63, 3.8) is 0 Å². The van der Waals surface area contributed by atoms with Crippen molar-refractivity contribution in [3.05, 3.63) is 22.4 Å². The molecule has 2 aromatic heterocycles. The van der Waals surface area contributed by atoms with E-state index in [0.717, 1.165) is 0 Å². The summed E-state index contributed by atoms with van der Waals surface area (Å²) in [6, 6.07) is 1.40. The fourth-order valence-corrected chi connectivity index (χ4v) is 1.87. The van der Waals surface area contributed by atoms with Crippen LogP contribution in [0.2, 0.25) is 0 Å². The van der Waals surface area contributed by atoms with E-state index < -0.39 is 5.97 Å². The number of carbonyl (C=O) groups is 1. The van der Waals surface area contributed by atoms with Crippen LogP contribution in [0.15, 0.2) is 16.7 Å². The van der Waals surface area contributed by atoms with Gasteiger partial charge in [-0.2, -0.15) is 0 Å². The number of pyridine rings is 1. The van der Waals surface area contributed by atoms with Gasteiger partial charge in [0.15, 0.2) is 0 Å². The summed E-state index contributed by atoms with van der Waals surface area (Å²) >= 11 is 3.09. The Morgan fingerprint density at radius 2 is 2.29 bits per heavy atom. The molecule has 5 nitrogen and oxygen atoms in total. The SMILES string of the molecule is O=C(O)c1[nH]c2nccc(O)c2c1Br. The maximum atomic E-state index is 10.7. The van der Waals surface area contributed by atoms with Gasteiger partial charge in [0.2, 0.25) is 0 Å². The molecule has 0 saturated heterocycles. The average Bonchev–Trinajstić information content (AvgIpc) is 2.45. The number of hydrogen-bond donors (Lipinski definition) is 3. The summed E-state index contributed by atoms with van der Waals surface area (Å²) in [6.45, 7) is 0. The normalized spacial score (nSPS) is 10.6. The van der Waals surface area contributed by atoms with E-state index in [1.54, 1.807) is 0 Å². The molecule has 0 fully saturated rings. The molecule has 0 aliphatic rings. The van der Waals surface area contributed by atoms with E-state index in [-0.39, 0.29) is 11.4 Å². The maximum Gasteiger partial charge on any atom is 0.353 e. The van der Waals surface area contributed by atoms with Crippen LogP contribution in [0.4, 0.5) is 0 Å². The summed E-state index contributed by atoms with van der Waals surface area (Å²) < 4.78 is 0.311. The quantitative estimate of drug-likeness (QED) is 0.726. The first-order valence-electron chi connectivity index (χ1n) is 3.69. The highest BCUT2D eigenvalue weighted by Crippen LogP contribution is 2.32. The molecule has 14 heavy (non-hydrogen) atoms. The number of carboxylic acid groups (broad SMARTS) is 1. The minimum absolute atomic E-state index is 0.00868. The minimum atomic E-state index is -1.10. The van der Waals surface area contributed by atoms with E-state index in [9.17, 15) is 9.90 Å². The van der Waals surface area contributed by atoms with Crippen molar-refractivity contribution in [3.8, 4) is 5.75 Å². The minimum Gasteiger partial charge on any atom is -0.507 e. The van der Waals surface area contributed by atoms with E-state index in [4.69, 9.17) is 5.11 Å². The van der Waals surface area contributed by atoms with E-state index in [1.165, 1.54) is 12.3 Å². The van der Waals surface area contributed by atoms with Gasteiger partial charge in [0.05, 0.1) is 9.86 Å². The number of fused-ring (bicyclic) bond motifs is 1. The Kier molecular flexibility index (Phi) is 1.92. The zero-order valence-corrected chi connectivity index (χ0v) is 8.37. The first-order chi connectivity index (χ1) is 6.61. The molecule has 2 aromatic rings. The zero-order valence-electron chi connectivity index (χ0n) is 6.78. The Morgan fingerprint density at radius 1 is 1.57 bits per heavy atom. The number of H-pyrrole nitrogens is 1. The van der Waals surface area contributed by atoms with Crippen LogP contribution < -0.4 is 0 Å². The predicted octanol–water partition coefficient (Wildman–Crippen LogP) is 1.73. The van der Waals surface area contributed by atoms with Gasteiger partial charge in [-0.1, -0.05) is 0 Å². The second kappa shape index (κ2) is 2.98. The van der Waals surface area contributed by atoms with Gasteiger partial charge in [0, 0.05) is 6.20 Å². The van der Waals surface area contributed by atoms with Crippen LogP contribution in [0.1, 0.15) is 10.5 Å². The molecule has 0 amide bonds. The Bertz CT molecular complexity index is 521. The Hall–Kier alpha value is -1.56. The number of nitrogens with one attached hydrogen (secondary N) is 1. The standard InChI is InChI=1S/C8H5BrN2O3/c9-5-4-3(12)1-2-10-7(4)11-6(5)8(13)14/h1-2H,(H,13,14)(H2,10,11,12). The molecule has 3 N–H and O–H groups in total. The fraction of sp³-hybridized carbons (Fsp3) is 0. The average molecular weight is 257 g/mol. The van der Waals surface area contributed by atoms with Crippen molar-refractivity contribution in [2.45, 2.75) is 0 Å². The number of aromatic amines is 1. The second-order valence-electron chi connectivity index (χ2n) is 2.67. The van der Waals surface area contributed by atoms with Gasteiger partial charge in [-0.05, 0) is 22.0 Å². The molecule has 0 aliphatic heterocycles. The summed E-state index contributed by atoms with van der Waals surface area (Å²) in [5, 5.41) is 18.6. The van der Waals surface area contributed by atoms with Crippen molar-refractivity contribution in [2.75, 3.05) is 0 Å². The van der Waals surface area contributed by atoms with Crippen molar-refractivity contribution < 1.29 is 15.0 Å². The molecule has 2 rings (SSSR count). The van der Waals surface area contributed by atoms with Crippen LogP contribution in [-0.4, -0.2) is 26.2 Å². The van der Waals surface area contributed by atoms with E-state index in [0.29, 0.717) is 15.5 Å². The number of aromatic carboxylic acids is 1. The highest BCUT2D eigenvalue weighted by Gasteiger charge is 2.17. The van der Waals surface area contributed by atoms with Crippen molar-refractivity contribution in [1.82, 2.24) is 9.97 Å². The van der Waals surface area contributed by atoms with E-state index in [2.05, 4.69) is 25.9 Å². The van der Waals surface area contributed by atoms with Gasteiger partial charge in [0.25, 0.3) is 0 Å². The topological polar surface area (TPSA) is 86.2 Å². The smallest absolute Gasteiger partial charge is 0.353 e. The maximum absolute atomic E-state index is 10.7. The van der Waals surface area contributed by atoms with E-state index >= 15 is 0 Å². The number of halogens is 1. The summed E-state index contributed by atoms with van der Waals surface area (Å²) in [7, 11) is 0. The van der Waals surface area contributed by atoms with Crippen LogP contribution in [0.5, 0.6) is 5.75 Å². The third-order valence-corrected chi connectivity index (χ3v) is 2.62. The zero-order chi connectivity index (χ0) is 10.3. The molecule has 0 unspecified atom stereocenters. The van der Waals surface area contributed by atoms with Crippen molar-refractivity contribution in [1.29, 1.82) is 0 Å².